The zero-order valence-corrected chi connectivity index (χ0v) is 20.9. The maximum Gasteiger partial charge on any atom is 1.00 e. The minimum Gasteiger partial charge on any atom is -0.744 e. The van der Waals surface area contributed by atoms with Crippen molar-refractivity contribution in [2.24, 2.45) is 10.2 Å². The van der Waals surface area contributed by atoms with Crippen molar-refractivity contribution in [3.05, 3.63) is 54.6 Å². The number of nitrogens with zero attached hydrogens (tertiary/aromatic N) is 2. The molecule has 0 aromatic heterocycles. The average Bonchev–Trinajstić information content (AvgIpc) is 2.65. The van der Waals surface area contributed by atoms with Gasteiger partial charge in [-0.3, -0.25) is 5.04 Å². The van der Waals surface area contributed by atoms with Crippen molar-refractivity contribution in [2.45, 2.75) is 9.79 Å². The van der Waals surface area contributed by atoms with E-state index in [4.69, 9.17) is 0 Å². The van der Waals surface area contributed by atoms with Crippen LogP contribution in [0, 0.1) is 0 Å². The van der Waals surface area contributed by atoms with Gasteiger partial charge in [-0.15, -0.1) is 5.11 Å². The van der Waals surface area contributed by atoms with Gasteiger partial charge in [0.2, 0.25) is 0 Å². The van der Waals surface area contributed by atoms with E-state index in [-0.39, 0.29) is 86.2 Å². The number of hydrogen-bond acceptors (Lipinski definition) is 10. The minimum absolute atomic E-state index is 0. The van der Waals surface area contributed by atoms with Gasteiger partial charge in [-0.1, -0.05) is 24.3 Å². The van der Waals surface area contributed by atoms with Crippen LogP contribution in [0.25, 0.3) is 10.8 Å². The molecule has 0 saturated heterocycles. The number of aromatic hydroxyl groups is 1. The van der Waals surface area contributed by atoms with Crippen molar-refractivity contribution in [1.29, 1.82) is 0 Å². The Morgan fingerprint density at radius 1 is 1.00 bits per heavy atom. The van der Waals surface area contributed by atoms with Gasteiger partial charge in [0.05, 0.1) is 22.6 Å². The summed E-state index contributed by atoms with van der Waals surface area (Å²) in [6, 6.07) is 13.7. The summed E-state index contributed by atoms with van der Waals surface area (Å²) in [5.74, 6) is -0.355. The van der Waals surface area contributed by atoms with Gasteiger partial charge in [0, 0.05) is 10.3 Å². The number of rotatable bonds is 6. The van der Waals surface area contributed by atoms with Crippen LogP contribution in [0.1, 0.15) is 0 Å². The summed E-state index contributed by atoms with van der Waals surface area (Å²) in [5, 5.41) is 31.4. The molecule has 140 valence electrons. The number of azo groups is 1. The van der Waals surface area contributed by atoms with E-state index in [9.17, 15) is 23.3 Å². The third-order valence-corrected chi connectivity index (χ3v) is 4.87. The van der Waals surface area contributed by atoms with Gasteiger partial charge in [0.15, 0.2) is 0 Å². The van der Waals surface area contributed by atoms with Gasteiger partial charge in [-0.2, -0.15) is 9.45 Å². The number of phenolic OH excluding ortho intramolecular Hbond substituents is 1. The Hall–Kier alpha value is -0.540. The summed E-state index contributed by atoms with van der Waals surface area (Å²) in [5.41, 5.74) is 0.289. The molecule has 29 heavy (non-hydrogen) atoms. The molecule has 9 nitrogen and oxygen atoms in total. The van der Waals surface area contributed by atoms with Crippen molar-refractivity contribution in [3.8, 4) is 5.75 Å². The smallest absolute Gasteiger partial charge is 0.744 e. The Morgan fingerprint density at radius 3 is 2.31 bits per heavy atom. The first kappa shape index (κ1) is 26.5. The van der Waals surface area contributed by atoms with Crippen molar-refractivity contribution < 1.29 is 91.8 Å². The average molecular weight is 452 g/mol. The van der Waals surface area contributed by atoms with Crippen LogP contribution in [0.3, 0.4) is 0 Å². The molecule has 1 N–H and O–H groups in total. The summed E-state index contributed by atoms with van der Waals surface area (Å²) < 4.78 is 39.4. The van der Waals surface area contributed by atoms with Crippen LogP contribution in [0.4, 0.5) is 11.4 Å². The molecule has 0 unspecified atom stereocenters. The van der Waals surface area contributed by atoms with E-state index < -0.39 is 15.0 Å². The Balaban J connectivity index is 0.00000210. The standard InChI is InChI=1S/C16H12N2O7S2.2Na/c19-13-7-6-10-8-12(26-25-24-20)9-14(27(21,22)23)15(10)16(13)18-17-11-4-2-1-3-5-11;;/h1-9,19-20H,(H,21,22,23);;/q;2*+1/p-2. The molecule has 0 bridgehead atoms. The molecular formula is C16H10N2Na2O7S2. The van der Waals surface area contributed by atoms with Crippen LogP contribution in [0.5, 0.6) is 5.75 Å². The van der Waals surface area contributed by atoms with Crippen LogP contribution in [-0.2, 0) is 19.5 Å². The Labute approximate surface area is 214 Å². The molecule has 0 atom stereocenters. The molecule has 0 aliphatic carbocycles. The SMILES string of the molecule is O=S(=O)([O-])c1cc(SOO[O-])cc2ccc(O)c(N=Nc3ccccc3)c12.[Na+].[Na+]. The van der Waals surface area contributed by atoms with Crippen LogP contribution in [0.15, 0.2) is 74.6 Å². The molecule has 0 fully saturated rings. The van der Waals surface area contributed by atoms with E-state index in [2.05, 4.69) is 19.6 Å². The van der Waals surface area contributed by atoms with Crippen molar-refractivity contribution in [1.82, 2.24) is 0 Å². The summed E-state index contributed by atoms with van der Waals surface area (Å²) in [6.07, 6.45) is 0. The zero-order chi connectivity index (χ0) is 19.4. The van der Waals surface area contributed by atoms with Crippen LogP contribution >= 0.6 is 12.0 Å². The largest absolute Gasteiger partial charge is 1.00 e. The van der Waals surface area contributed by atoms with Gasteiger partial charge in [0.25, 0.3) is 0 Å². The third-order valence-electron chi connectivity index (χ3n) is 3.46. The molecule has 0 radical (unpaired) electrons. The van der Waals surface area contributed by atoms with E-state index in [0.29, 0.717) is 17.7 Å². The number of fused-ring (bicyclic) bond motifs is 1. The fourth-order valence-corrected chi connectivity index (χ4v) is 3.63. The molecule has 3 rings (SSSR count). The first-order valence-corrected chi connectivity index (χ1v) is 9.40. The molecule has 13 heteroatoms. The van der Waals surface area contributed by atoms with Gasteiger partial charge < -0.3 is 14.9 Å². The normalized spacial score (nSPS) is 11.2. The molecule has 0 aliphatic rings. The molecule has 0 saturated carbocycles. The minimum atomic E-state index is -4.95. The molecule has 3 aromatic carbocycles. The first-order valence-electron chi connectivity index (χ1n) is 7.26. The van der Waals surface area contributed by atoms with Crippen molar-refractivity contribution in [2.75, 3.05) is 0 Å². The number of phenols is 1. The summed E-state index contributed by atoms with van der Waals surface area (Å²) in [7, 11) is -4.95. The fraction of sp³-hybridized carbons (Fsp3) is 0. The van der Waals surface area contributed by atoms with Crippen LogP contribution in [-0.4, -0.2) is 18.1 Å². The zero-order valence-electron chi connectivity index (χ0n) is 15.3. The molecular weight excluding hydrogens is 442 g/mol. The fourth-order valence-electron chi connectivity index (χ4n) is 2.37. The Morgan fingerprint density at radius 2 is 1.69 bits per heavy atom. The predicted octanol–water partition coefficient (Wildman–Crippen LogP) is -2.90. The van der Waals surface area contributed by atoms with E-state index in [1.807, 2.05) is 0 Å². The topological polar surface area (TPSA) is 144 Å². The summed E-state index contributed by atoms with van der Waals surface area (Å²) in [4.78, 5) is -0.515. The second-order valence-corrected chi connectivity index (χ2v) is 7.28. The molecule has 0 heterocycles. The molecule has 0 aliphatic heterocycles. The van der Waals surface area contributed by atoms with Gasteiger partial charge in [-0.05, 0) is 35.7 Å². The first-order chi connectivity index (χ1) is 12.9. The molecule has 0 amide bonds. The van der Waals surface area contributed by atoms with E-state index in [0.717, 1.165) is 6.07 Å². The summed E-state index contributed by atoms with van der Waals surface area (Å²) >= 11 is 0.431. The second-order valence-electron chi connectivity index (χ2n) is 5.16. The number of benzene rings is 3. The predicted molar refractivity (Wildman–Crippen MR) is 92.2 cm³/mol. The Kier molecular flexibility index (Phi) is 10.7. The van der Waals surface area contributed by atoms with Crippen LogP contribution in [0.2, 0.25) is 0 Å². The molecule has 3 aromatic rings. The van der Waals surface area contributed by atoms with Gasteiger partial charge in [-0.25, -0.2) is 8.42 Å². The van der Waals surface area contributed by atoms with E-state index in [1.165, 1.54) is 18.2 Å². The van der Waals surface area contributed by atoms with Gasteiger partial charge in [0.1, 0.15) is 21.6 Å². The monoisotopic (exact) mass is 452 g/mol. The maximum absolute atomic E-state index is 11.8. The van der Waals surface area contributed by atoms with Gasteiger partial charge >= 0.3 is 59.1 Å². The van der Waals surface area contributed by atoms with Crippen molar-refractivity contribution in [3.63, 3.8) is 0 Å². The third kappa shape index (κ3) is 6.72. The summed E-state index contributed by atoms with van der Waals surface area (Å²) in [6.45, 7) is 0. The van der Waals surface area contributed by atoms with E-state index in [1.54, 1.807) is 30.3 Å². The molecule has 0 spiro atoms. The van der Waals surface area contributed by atoms with Crippen LogP contribution < -0.4 is 64.4 Å². The van der Waals surface area contributed by atoms with Crippen molar-refractivity contribution >= 4 is 44.3 Å². The second kappa shape index (κ2) is 11.7. The quantitative estimate of drug-likeness (QED) is 0.105. The maximum atomic E-state index is 11.8. The van der Waals surface area contributed by atoms with E-state index >= 15 is 0 Å². The number of hydrogen-bond donors (Lipinski definition) is 1. The Bertz CT molecular complexity index is 1110.